The summed E-state index contributed by atoms with van der Waals surface area (Å²) in [4.78, 5) is 0. The number of hydrogen-bond acceptors (Lipinski definition) is 2. The molecule has 3 aliphatic rings. The van der Waals surface area contributed by atoms with Crippen LogP contribution in [0.5, 0.6) is 11.5 Å². The van der Waals surface area contributed by atoms with Crippen LogP contribution in [-0.2, 0) is 15.9 Å². The summed E-state index contributed by atoms with van der Waals surface area (Å²) in [5.41, 5.74) is 5.73. The Hall–Kier alpha value is -2.71. The predicted octanol–water partition coefficient (Wildman–Crippen LogP) is 7.02. The van der Waals surface area contributed by atoms with E-state index in [0.717, 1.165) is 17.9 Å². The molecule has 4 aromatic carbocycles. The Kier molecular flexibility index (Phi) is 2.92. The number of benzene rings is 4. The van der Waals surface area contributed by atoms with Crippen molar-refractivity contribution in [2.75, 3.05) is 0 Å². The van der Waals surface area contributed by atoms with Gasteiger partial charge in [-0.3, -0.25) is 0 Å². The smallest absolute Gasteiger partial charge is 0.132 e. The van der Waals surface area contributed by atoms with Crippen molar-refractivity contribution in [3.8, 4) is 11.5 Å². The van der Waals surface area contributed by atoms with Crippen LogP contribution in [0.2, 0.25) is 0 Å². The standard InChI is InChI=1S/C27H20OS/c1-17-16-19-15-14-18-8-2-3-9-20(18)25(19)26(17)27(29-26)21-10-4-6-12-23(21)28-24-13-7-5-11-22(24)27/h2-15,17H,16H2,1H3/t17-,26-/m0/s1. The SMILES string of the molecule is C[C@H]1Cc2ccc3ccccc3c2[C@@]12SC21c2ccccc2Oc2ccccc21. The molecule has 1 nitrogen and oxygen atoms in total. The van der Waals surface area contributed by atoms with Crippen molar-refractivity contribution in [2.24, 2.45) is 5.92 Å². The maximum Gasteiger partial charge on any atom is 0.132 e. The van der Waals surface area contributed by atoms with Gasteiger partial charge in [-0.1, -0.05) is 79.7 Å². The van der Waals surface area contributed by atoms with Crippen LogP contribution in [0.15, 0.2) is 84.9 Å². The first-order valence-electron chi connectivity index (χ1n) is 10.3. The number of rotatable bonds is 0. The van der Waals surface area contributed by atoms with Crippen LogP contribution in [-0.4, -0.2) is 0 Å². The summed E-state index contributed by atoms with van der Waals surface area (Å²) < 4.78 is 6.33. The monoisotopic (exact) mass is 392 g/mol. The molecule has 2 heterocycles. The molecule has 0 bridgehead atoms. The van der Waals surface area contributed by atoms with Gasteiger partial charge in [0.15, 0.2) is 0 Å². The fraction of sp³-hybridized carbons (Fsp3) is 0.185. The average molecular weight is 393 g/mol. The van der Waals surface area contributed by atoms with E-state index in [1.54, 1.807) is 5.56 Å². The minimum atomic E-state index is -0.0762. The van der Waals surface area contributed by atoms with E-state index in [-0.39, 0.29) is 9.49 Å². The third-order valence-electron chi connectivity index (χ3n) is 7.15. The Bertz CT molecular complexity index is 1280. The molecule has 1 saturated heterocycles. The fourth-order valence-corrected chi connectivity index (χ4v) is 8.14. The average Bonchev–Trinajstić information content (AvgIpc) is 3.35. The summed E-state index contributed by atoms with van der Waals surface area (Å²) in [7, 11) is 0. The molecule has 2 spiro atoms. The first kappa shape index (κ1) is 16.1. The molecule has 0 amide bonds. The topological polar surface area (TPSA) is 9.23 Å². The number of fused-ring (bicyclic) bond motifs is 9. The van der Waals surface area contributed by atoms with Gasteiger partial charge in [0.2, 0.25) is 0 Å². The summed E-state index contributed by atoms with van der Waals surface area (Å²) in [6.07, 6.45) is 1.14. The quantitative estimate of drug-likeness (QED) is 0.297. The van der Waals surface area contributed by atoms with Gasteiger partial charge in [-0.15, -0.1) is 11.8 Å². The minimum absolute atomic E-state index is 0.0547. The van der Waals surface area contributed by atoms with E-state index in [0.29, 0.717) is 5.92 Å². The van der Waals surface area contributed by atoms with Crippen LogP contribution in [0.4, 0.5) is 0 Å². The number of ether oxygens (including phenoxy) is 1. The van der Waals surface area contributed by atoms with Gasteiger partial charge in [0.05, 0.1) is 9.49 Å². The maximum absolute atomic E-state index is 6.35. The molecule has 0 aromatic heterocycles. The van der Waals surface area contributed by atoms with E-state index in [1.807, 2.05) is 0 Å². The van der Waals surface area contributed by atoms with Gasteiger partial charge < -0.3 is 4.74 Å². The highest BCUT2D eigenvalue weighted by molar-refractivity contribution is 8.08. The van der Waals surface area contributed by atoms with Gasteiger partial charge in [-0.05, 0) is 46.4 Å². The first-order chi connectivity index (χ1) is 14.3. The lowest BCUT2D eigenvalue weighted by Gasteiger charge is -2.32. The Labute approximate surface area is 174 Å². The zero-order valence-corrected chi connectivity index (χ0v) is 17.0. The van der Waals surface area contributed by atoms with Crippen LogP contribution in [0.25, 0.3) is 10.8 Å². The number of thioether (sulfide) groups is 1. The van der Waals surface area contributed by atoms with E-state index in [4.69, 9.17) is 4.74 Å². The molecule has 1 aliphatic carbocycles. The van der Waals surface area contributed by atoms with Gasteiger partial charge in [0.25, 0.3) is 0 Å². The van der Waals surface area contributed by atoms with Crippen molar-refractivity contribution in [1.29, 1.82) is 0 Å². The highest BCUT2D eigenvalue weighted by Crippen LogP contribution is 2.86. The molecule has 0 radical (unpaired) electrons. The van der Waals surface area contributed by atoms with Gasteiger partial charge in [-0.2, -0.15) is 0 Å². The second-order valence-electron chi connectivity index (χ2n) is 8.54. The van der Waals surface area contributed by atoms with Crippen molar-refractivity contribution in [2.45, 2.75) is 22.8 Å². The summed E-state index contributed by atoms with van der Waals surface area (Å²) in [6.45, 7) is 2.44. The third kappa shape index (κ3) is 1.76. The molecule has 1 fully saturated rings. The Morgan fingerprint density at radius 2 is 1.45 bits per heavy atom. The normalized spacial score (nSPS) is 24.8. The van der Waals surface area contributed by atoms with Crippen LogP contribution in [0.3, 0.4) is 0 Å². The maximum atomic E-state index is 6.35. The highest BCUT2D eigenvalue weighted by Gasteiger charge is 2.77. The number of para-hydroxylation sites is 2. The molecular formula is C27H20OS. The van der Waals surface area contributed by atoms with E-state index in [9.17, 15) is 0 Å². The highest BCUT2D eigenvalue weighted by atomic mass is 32.2. The summed E-state index contributed by atoms with van der Waals surface area (Å²) in [5, 5.41) is 2.76. The first-order valence-corrected chi connectivity index (χ1v) is 11.2. The lowest BCUT2D eigenvalue weighted by molar-refractivity contribution is 0.396. The van der Waals surface area contributed by atoms with Crippen LogP contribution in [0, 0.1) is 5.92 Å². The van der Waals surface area contributed by atoms with Crippen LogP contribution < -0.4 is 4.74 Å². The molecule has 7 rings (SSSR count). The fourth-order valence-electron chi connectivity index (χ4n) is 6.00. The van der Waals surface area contributed by atoms with E-state index in [2.05, 4.69) is 104 Å². The molecule has 0 N–H and O–H groups in total. The van der Waals surface area contributed by atoms with Gasteiger partial charge >= 0.3 is 0 Å². The van der Waals surface area contributed by atoms with Crippen molar-refractivity contribution >= 4 is 22.5 Å². The second-order valence-corrected chi connectivity index (χ2v) is 10.00. The molecule has 29 heavy (non-hydrogen) atoms. The zero-order chi connectivity index (χ0) is 19.2. The van der Waals surface area contributed by atoms with Crippen molar-refractivity contribution in [1.82, 2.24) is 0 Å². The Morgan fingerprint density at radius 3 is 2.21 bits per heavy atom. The molecule has 0 unspecified atom stereocenters. The van der Waals surface area contributed by atoms with E-state index in [1.165, 1.54) is 27.5 Å². The summed E-state index contributed by atoms with van der Waals surface area (Å²) >= 11 is 2.14. The molecule has 2 aliphatic heterocycles. The van der Waals surface area contributed by atoms with Gasteiger partial charge in [-0.25, -0.2) is 0 Å². The van der Waals surface area contributed by atoms with E-state index < -0.39 is 0 Å². The molecule has 4 aromatic rings. The lowest BCUT2D eigenvalue weighted by atomic mass is 9.72. The minimum Gasteiger partial charge on any atom is -0.457 e. The third-order valence-corrected chi connectivity index (χ3v) is 9.25. The van der Waals surface area contributed by atoms with Crippen LogP contribution in [0.1, 0.15) is 29.2 Å². The Morgan fingerprint density at radius 1 is 0.793 bits per heavy atom. The van der Waals surface area contributed by atoms with Gasteiger partial charge in [0.1, 0.15) is 11.5 Å². The van der Waals surface area contributed by atoms with Crippen molar-refractivity contribution in [3.63, 3.8) is 0 Å². The summed E-state index contributed by atoms with van der Waals surface area (Å²) in [6, 6.07) is 30.9. The predicted molar refractivity (Wildman–Crippen MR) is 120 cm³/mol. The summed E-state index contributed by atoms with van der Waals surface area (Å²) in [5.74, 6) is 2.58. The van der Waals surface area contributed by atoms with Crippen molar-refractivity contribution in [3.05, 3.63) is 107 Å². The zero-order valence-electron chi connectivity index (χ0n) is 16.2. The van der Waals surface area contributed by atoms with Crippen LogP contribution >= 0.6 is 11.8 Å². The number of hydrogen-bond donors (Lipinski definition) is 0. The van der Waals surface area contributed by atoms with Gasteiger partial charge in [0, 0.05) is 11.1 Å². The largest absolute Gasteiger partial charge is 0.457 e. The molecule has 0 saturated carbocycles. The van der Waals surface area contributed by atoms with Crippen molar-refractivity contribution < 1.29 is 4.74 Å². The second kappa shape index (κ2) is 5.25. The Balaban J connectivity index is 1.59. The molecule has 2 atom stereocenters. The lowest BCUT2D eigenvalue weighted by Crippen LogP contribution is -2.29. The molecular weight excluding hydrogens is 372 g/mol. The molecule has 2 heteroatoms. The molecule has 140 valence electrons. The van der Waals surface area contributed by atoms with E-state index >= 15 is 0 Å².